The minimum absolute atomic E-state index is 0. The summed E-state index contributed by atoms with van der Waals surface area (Å²) in [6, 6.07) is 8.16. The predicted octanol–water partition coefficient (Wildman–Crippen LogP) is 4.82. The second-order valence-electron chi connectivity index (χ2n) is 9.22. The largest absolute Gasteiger partial charge is 0.354 e. The molecule has 6 rings (SSSR count). The molecule has 1 spiro atoms. The van der Waals surface area contributed by atoms with Gasteiger partial charge in [0.05, 0.1) is 11.1 Å². The first-order chi connectivity index (χ1) is 15.6. The molecule has 0 saturated carbocycles. The SMILES string of the molecule is Cl.Cl.O=C(c1cn(C[C@@H]2CCCN2)c2cc(Cl)ccc12)[C@@H]1OC2(CCNCC2)c2cnccc21. The highest BCUT2D eigenvalue weighted by molar-refractivity contribution is 6.31. The Morgan fingerprint density at radius 3 is 2.79 bits per heavy atom. The number of hydrogen-bond acceptors (Lipinski definition) is 5. The molecule has 5 heterocycles. The van der Waals surface area contributed by atoms with Crippen LogP contribution in [0.2, 0.25) is 5.02 Å². The molecule has 2 atom stereocenters. The van der Waals surface area contributed by atoms with Crippen molar-refractivity contribution in [2.24, 2.45) is 0 Å². The van der Waals surface area contributed by atoms with E-state index in [4.69, 9.17) is 16.3 Å². The van der Waals surface area contributed by atoms with Gasteiger partial charge in [-0.15, -0.1) is 24.8 Å². The van der Waals surface area contributed by atoms with Crippen molar-refractivity contribution in [2.75, 3.05) is 19.6 Å². The number of Topliss-reactive ketones (excluding diaryl/α,β-unsaturated/α-hetero) is 1. The molecule has 3 aliphatic heterocycles. The van der Waals surface area contributed by atoms with Crippen LogP contribution in [0.15, 0.2) is 42.9 Å². The van der Waals surface area contributed by atoms with Gasteiger partial charge in [0.1, 0.15) is 6.10 Å². The summed E-state index contributed by atoms with van der Waals surface area (Å²) in [7, 11) is 0. The van der Waals surface area contributed by atoms with Gasteiger partial charge in [0.25, 0.3) is 0 Å². The Morgan fingerprint density at radius 2 is 2.03 bits per heavy atom. The lowest BCUT2D eigenvalue weighted by atomic mass is 9.85. The van der Waals surface area contributed by atoms with E-state index >= 15 is 0 Å². The number of benzene rings is 1. The fourth-order valence-electron chi connectivity index (χ4n) is 5.68. The van der Waals surface area contributed by atoms with Crippen LogP contribution in [0, 0.1) is 0 Å². The molecule has 6 nitrogen and oxygen atoms in total. The average molecular weight is 524 g/mol. The van der Waals surface area contributed by atoms with E-state index < -0.39 is 11.7 Å². The molecular weight excluding hydrogens is 495 g/mol. The predicted molar refractivity (Wildman–Crippen MR) is 139 cm³/mol. The number of pyridine rings is 1. The summed E-state index contributed by atoms with van der Waals surface area (Å²) in [4.78, 5) is 18.3. The van der Waals surface area contributed by atoms with Crippen LogP contribution in [-0.2, 0) is 16.9 Å². The van der Waals surface area contributed by atoms with Crippen LogP contribution < -0.4 is 10.6 Å². The molecule has 2 saturated heterocycles. The molecule has 0 bridgehead atoms. The van der Waals surface area contributed by atoms with Crippen LogP contribution in [0.3, 0.4) is 0 Å². The first-order valence-corrected chi connectivity index (χ1v) is 11.9. The van der Waals surface area contributed by atoms with Gasteiger partial charge in [0.2, 0.25) is 0 Å². The number of nitrogens with one attached hydrogen (secondary N) is 2. The highest BCUT2D eigenvalue weighted by Gasteiger charge is 2.48. The first-order valence-electron chi connectivity index (χ1n) is 11.5. The van der Waals surface area contributed by atoms with Crippen LogP contribution >= 0.6 is 36.4 Å². The number of nitrogens with zero attached hydrogens (tertiary/aromatic N) is 2. The molecule has 0 radical (unpaired) electrons. The van der Waals surface area contributed by atoms with Crippen molar-refractivity contribution in [3.05, 3.63) is 64.6 Å². The molecule has 2 N–H and O–H groups in total. The maximum atomic E-state index is 14.0. The van der Waals surface area contributed by atoms with E-state index in [2.05, 4.69) is 20.2 Å². The van der Waals surface area contributed by atoms with Gasteiger partial charge in [0, 0.05) is 52.7 Å². The lowest BCUT2D eigenvalue weighted by molar-refractivity contribution is -0.0806. The number of aromatic nitrogens is 2. The van der Waals surface area contributed by atoms with Crippen LogP contribution in [0.25, 0.3) is 10.9 Å². The van der Waals surface area contributed by atoms with Gasteiger partial charge in [-0.25, -0.2) is 0 Å². The van der Waals surface area contributed by atoms with Gasteiger partial charge in [-0.1, -0.05) is 17.7 Å². The number of piperidine rings is 1. The number of hydrogen-bond donors (Lipinski definition) is 2. The quantitative estimate of drug-likeness (QED) is 0.480. The smallest absolute Gasteiger partial charge is 0.198 e. The van der Waals surface area contributed by atoms with E-state index in [1.54, 1.807) is 6.20 Å². The topological polar surface area (TPSA) is 68.2 Å². The summed E-state index contributed by atoms with van der Waals surface area (Å²) >= 11 is 6.34. The average Bonchev–Trinajstić information content (AvgIpc) is 3.53. The van der Waals surface area contributed by atoms with Crippen LogP contribution in [-0.4, -0.2) is 41.0 Å². The Balaban J connectivity index is 0.00000137. The maximum Gasteiger partial charge on any atom is 0.198 e. The molecule has 3 aliphatic rings. The Bertz CT molecular complexity index is 1190. The molecule has 34 heavy (non-hydrogen) atoms. The number of fused-ring (bicyclic) bond motifs is 3. The van der Waals surface area contributed by atoms with Crippen molar-refractivity contribution in [2.45, 2.75) is 50.0 Å². The summed E-state index contributed by atoms with van der Waals surface area (Å²) in [5.41, 5.74) is 3.30. The standard InChI is InChI=1S/C25H27ClN4O2.2ClH/c26-16-3-4-18-20(15-30(22(18)12-16)14-17-2-1-8-29-17)23(31)24-19-5-9-28-13-21(19)25(32-24)6-10-27-11-7-25;;/h3-5,9,12-13,15,17,24,27,29H,1-2,6-8,10-11,14H2;2*1H/t17-,24+;;/m0../s1. The Labute approximate surface area is 216 Å². The van der Waals surface area contributed by atoms with Crippen molar-refractivity contribution >= 4 is 53.1 Å². The van der Waals surface area contributed by atoms with Gasteiger partial charge in [-0.05, 0) is 69.1 Å². The van der Waals surface area contributed by atoms with Gasteiger partial charge in [0.15, 0.2) is 5.78 Å². The summed E-state index contributed by atoms with van der Waals surface area (Å²) < 4.78 is 8.80. The van der Waals surface area contributed by atoms with Gasteiger partial charge in [-0.3, -0.25) is 9.78 Å². The highest BCUT2D eigenvalue weighted by atomic mass is 35.5. The summed E-state index contributed by atoms with van der Waals surface area (Å²) in [6.45, 7) is 3.63. The van der Waals surface area contributed by atoms with Gasteiger partial charge >= 0.3 is 0 Å². The zero-order valence-electron chi connectivity index (χ0n) is 18.8. The monoisotopic (exact) mass is 522 g/mol. The number of carbonyl (C=O) groups is 1. The number of ether oxygens (including phenoxy) is 1. The third-order valence-corrected chi connectivity index (χ3v) is 7.55. The number of rotatable bonds is 4. The minimum atomic E-state index is -0.606. The lowest BCUT2D eigenvalue weighted by Crippen LogP contribution is -2.40. The molecule has 0 amide bonds. The van der Waals surface area contributed by atoms with E-state index in [1.165, 1.54) is 6.42 Å². The molecule has 0 unspecified atom stereocenters. The van der Waals surface area contributed by atoms with E-state index in [9.17, 15) is 4.79 Å². The first kappa shape index (κ1) is 25.4. The van der Waals surface area contributed by atoms with E-state index in [-0.39, 0.29) is 30.6 Å². The zero-order chi connectivity index (χ0) is 21.7. The summed E-state index contributed by atoms with van der Waals surface area (Å²) in [6.07, 6.45) is 9.08. The van der Waals surface area contributed by atoms with Crippen molar-refractivity contribution in [3.63, 3.8) is 0 Å². The van der Waals surface area contributed by atoms with Crippen molar-refractivity contribution in [1.29, 1.82) is 0 Å². The lowest BCUT2D eigenvalue weighted by Gasteiger charge is -2.34. The normalized spacial score (nSPS) is 22.9. The Kier molecular flexibility index (Phi) is 7.58. The maximum absolute atomic E-state index is 14.0. The van der Waals surface area contributed by atoms with Crippen LogP contribution in [0.4, 0.5) is 0 Å². The number of ketones is 1. The van der Waals surface area contributed by atoms with Crippen LogP contribution in [0.1, 0.15) is 53.3 Å². The molecule has 0 aliphatic carbocycles. The molecule has 2 aromatic heterocycles. The van der Waals surface area contributed by atoms with E-state index in [0.29, 0.717) is 16.6 Å². The number of halogens is 3. The van der Waals surface area contributed by atoms with Crippen LogP contribution in [0.5, 0.6) is 0 Å². The van der Waals surface area contributed by atoms with Gasteiger partial charge < -0.3 is 19.9 Å². The fraction of sp³-hybridized carbons (Fsp3) is 0.440. The molecule has 3 aromatic rings. The fourth-order valence-corrected chi connectivity index (χ4v) is 5.85. The molecule has 1 aromatic carbocycles. The van der Waals surface area contributed by atoms with Crippen molar-refractivity contribution < 1.29 is 9.53 Å². The van der Waals surface area contributed by atoms with E-state index in [1.807, 2.05) is 36.7 Å². The molecule has 9 heteroatoms. The minimum Gasteiger partial charge on any atom is -0.354 e. The highest BCUT2D eigenvalue weighted by Crippen LogP contribution is 2.49. The summed E-state index contributed by atoms with van der Waals surface area (Å²) in [5.74, 6) is 0.0123. The van der Waals surface area contributed by atoms with Gasteiger partial charge in [-0.2, -0.15) is 0 Å². The molecule has 2 fully saturated rings. The van der Waals surface area contributed by atoms with Crippen molar-refractivity contribution in [1.82, 2.24) is 20.2 Å². The zero-order valence-corrected chi connectivity index (χ0v) is 21.1. The van der Waals surface area contributed by atoms with E-state index in [0.717, 1.165) is 67.5 Å². The van der Waals surface area contributed by atoms with Crippen molar-refractivity contribution in [3.8, 4) is 0 Å². The number of carbonyl (C=O) groups excluding carboxylic acids is 1. The second-order valence-corrected chi connectivity index (χ2v) is 9.66. The molecular formula is C25H29Cl3N4O2. The third-order valence-electron chi connectivity index (χ3n) is 7.31. The second kappa shape index (κ2) is 10.1. The Morgan fingerprint density at radius 1 is 1.21 bits per heavy atom. The Hall–Kier alpha value is -1.67. The summed E-state index contributed by atoms with van der Waals surface area (Å²) in [5, 5.41) is 8.57. The third kappa shape index (κ3) is 4.25. The molecule has 182 valence electrons.